The minimum absolute atomic E-state index is 0.0325. The molecule has 3 aliphatic rings. The van der Waals surface area contributed by atoms with Crippen LogP contribution in [0.25, 0.3) is 0 Å². The maximum atomic E-state index is 14.4. The molecule has 376 valence electrons. The normalized spacial score (nSPS) is 42.7. The monoisotopic (exact) mass is 917 g/mol. The lowest BCUT2D eigenvalue weighted by Crippen LogP contribution is -2.61. The number of ether oxygens (including phenoxy) is 6. The smallest absolute Gasteiger partial charge is 0.311 e. The molecule has 3 aliphatic heterocycles. The molecule has 0 spiro atoms. The van der Waals surface area contributed by atoms with E-state index in [4.69, 9.17) is 33.3 Å². The van der Waals surface area contributed by atoms with E-state index < -0.39 is 102 Å². The molecule has 64 heavy (non-hydrogen) atoms. The molecule has 3 saturated heterocycles. The van der Waals surface area contributed by atoms with Crippen LogP contribution < -0.4 is 0 Å². The Bertz CT molecular complexity index is 1400. The van der Waals surface area contributed by atoms with E-state index in [1.54, 1.807) is 41.5 Å². The van der Waals surface area contributed by atoms with Crippen molar-refractivity contribution in [2.24, 2.45) is 28.8 Å². The van der Waals surface area contributed by atoms with Gasteiger partial charge in [0.15, 0.2) is 12.6 Å². The number of hydrogen-bond acceptors (Lipinski definition) is 15. The van der Waals surface area contributed by atoms with Gasteiger partial charge in [0, 0.05) is 37.3 Å². The summed E-state index contributed by atoms with van der Waals surface area (Å²) in [7, 11) is 5.27. The van der Waals surface area contributed by atoms with Crippen molar-refractivity contribution in [3.05, 3.63) is 0 Å². The molecule has 18 atom stereocenters. The van der Waals surface area contributed by atoms with Gasteiger partial charge in [0.25, 0.3) is 0 Å². The van der Waals surface area contributed by atoms with Crippen LogP contribution >= 0.6 is 0 Å². The number of cyclic esters (lactones) is 1. The van der Waals surface area contributed by atoms with E-state index in [0.717, 1.165) is 19.3 Å². The summed E-state index contributed by atoms with van der Waals surface area (Å²) in [5.41, 5.74) is -4.27. The number of likely N-dealkylation sites (N-methyl/N-ethyl adjacent to an activating group) is 1. The summed E-state index contributed by atoms with van der Waals surface area (Å²) in [6.07, 6.45) is 2.62. The lowest BCUT2D eigenvalue weighted by Gasteiger charge is -2.49. The molecule has 0 amide bonds. The van der Waals surface area contributed by atoms with Gasteiger partial charge < -0.3 is 63.7 Å². The first kappa shape index (κ1) is 56.8. The van der Waals surface area contributed by atoms with Crippen LogP contribution in [-0.4, -0.2) is 154 Å². The van der Waals surface area contributed by atoms with Gasteiger partial charge in [-0.15, -0.1) is 0 Å². The van der Waals surface area contributed by atoms with Crippen LogP contribution in [0.3, 0.4) is 0 Å². The molecule has 0 aromatic carbocycles. The molecule has 0 saturated carbocycles. The van der Waals surface area contributed by atoms with Crippen LogP contribution in [-0.2, 0) is 38.1 Å². The van der Waals surface area contributed by atoms with Crippen molar-refractivity contribution >= 4 is 11.7 Å². The zero-order valence-electron chi connectivity index (χ0n) is 42.2. The van der Waals surface area contributed by atoms with Crippen LogP contribution in [0, 0.1) is 23.7 Å². The quantitative estimate of drug-likeness (QED) is 0.0534. The Balaban J connectivity index is 2.08. The largest absolute Gasteiger partial charge is 0.459 e. The van der Waals surface area contributed by atoms with Gasteiger partial charge in [0.05, 0.1) is 53.4 Å². The van der Waals surface area contributed by atoms with E-state index in [1.165, 1.54) is 59.0 Å². The van der Waals surface area contributed by atoms with E-state index >= 15 is 0 Å². The van der Waals surface area contributed by atoms with Crippen molar-refractivity contribution in [3.63, 3.8) is 0 Å². The molecule has 15 heteroatoms. The average molecular weight is 917 g/mol. The Hall–Kier alpha value is -1.50. The highest BCUT2D eigenvalue weighted by Gasteiger charge is 2.53. The van der Waals surface area contributed by atoms with Crippen molar-refractivity contribution in [3.8, 4) is 0 Å². The van der Waals surface area contributed by atoms with E-state index in [-0.39, 0.29) is 31.4 Å². The first-order chi connectivity index (χ1) is 30.0. The highest BCUT2D eigenvalue weighted by molar-refractivity contribution is 5.88. The third-order valence-electron chi connectivity index (χ3n) is 14.6. The Labute approximate surface area is 386 Å². The summed E-state index contributed by atoms with van der Waals surface area (Å²) in [5.74, 6) is -3.90. The van der Waals surface area contributed by atoms with Crippen molar-refractivity contribution in [2.45, 2.75) is 250 Å². The van der Waals surface area contributed by atoms with Crippen molar-refractivity contribution < 1.29 is 63.6 Å². The summed E-state index contributed by atoms with van der Waals surface area (Å²) >= 11 is 0. The molecule has 0 aromatic rings. The van der Waals surface area contributed by atoms with Crippen LogP contribution in [0.2, 0.25) is 0 Å². The molecule has 0 radical (unpaired) electrons. The first-order valence-corrected chi connectivity index (χ1v) is 24.7. The molecular weight excluding hydrogens is 825 g/mol. The molecule has 0 aromatic heterocycles. The second-order valence-electron chi connectivity index (χ2n) is 20.6. The van der Waals surface area contributed by atoms with E-state index in [2.05, 4.69) is 12.1 Å². The Kier molecular flexibility index (Phi) is 22.9. The summed E-state index contributed by atoms with van der Waals surface area (Å²) in [6.45, 7) is 20.0. The Morgan fingerprint density at radius 3 is 1.95 bits per heavy atom. The number of hydrogen-bond donors (Lipinski definition) is 5. The average Bonchev–Trinajstić information content (AvgIpc) is 3.23. The topological polar surface area (TPSA) is 198 Å². The second-order valence-corrected chi connectivity index (χ2v) is 20.6. The van der Waals surface area contributed by atoms with E-state index in [1.807, 2.05) is 39.8 Å². The summed E-state index contributed by atoms with van der Waals surface area (Å²) < 4.78 is 38.0. The lowest BCUT2D eigenvalue weighted by atomic mass is 9.73. The van der Waals surface area contributed by atoms with Crippen LogP contribution in [0.4, 0.5) is 0 Å². The number of carbonyl (C=O) groups is 1. The summed E-state index contributed by atoms with van der Waals surface area (Å²) in [5, 5.41) is 64.4. The maximum absolute atomic E-state index is 14.4. The maximum Gasteiger partial charge on any atom is 0.311 e. The third-order valence-corrected chi connectivity index (χ3v) is 14.6. The van der Waals surface area contributed by atoms with Gasteiger partial charge in [-0.25, -0.2) is 0 Å². The number of oxime groups is 1. The molecule has 3 rings (SSSR count). The molecule has 5 N–H and O–H groups in total. The van der Waals surface area contributed by atoms with Gasteiger partial charge in [-0.1, -0.05) is 91.1 Å². The van der Waals surface area contributed by atoms with Crippen molar-refractivity contribution in [1.29, 1.82) is 0 Å². The Morgan fingerprint density at radius 2 is 1.39 bits per heavy atom. The Morgan fingerprint density at radius 1 is 0.797 bits per heavy atom. The predicted octanol–water partition coefficient (Wildman–Crippen LogP) is 6.51. The molecule has 3 heterocycles. The summed E-state index contributed by atoms with van der Waals surface area (Å²) in [6, 6.07) is -0.310. The number of unbranched alkanes of at least 4 members (excludes halogenated alkanes) is 9. The highest BCUT2D eigenvalue weighted by atomic mass is 16.7. The fraction of sp³-hybridized carbons (Fsp3) is 0.959. The molecule has 0 bridgehead atoms. The number of rotatable bonds is 19. The molecule has 15 nitrogen and oxygen atoms in total. The number of methoxy groups -OCH3 is 1. The fourth-order valence-electron chi connectivity index (χ4n) is 10.4. The summed E-state index contributed by atoms with van der Waals surface area (Å²) in [4.78, 5) is 22.3. The minimum Gasteiger partial charge on any atom is -0.459 e. The number of carbonyl (C=O) groups excluding carboxylic acids is 1. The van der Waals surface area contributed by atoms with Crippen molar-refractivity contribution in [2.75, 3.05) is 27.8 Å². The molecule has 2 unspecified atom stereocenters. The first-order valence-electron chi connectivity index (χ1n) is 24.7. The molecule has 3 fully saturated rings. The highest BCUT2D eigenvalue weighted by Crippen LogP contribution is 2.41. The van der Waals surface area contributed by atoms with Crippen molar-refractivity contribution in [1.82, 2.24) is 4.90 Å². The number of aliphatic hydroxyl groups is 5. The predicted molar refractivity (Wildman–Crippen MR) is 246 cm³/mol. The SMILES string of the molecule is CCCCCCCCCCCCO/N=C1\[C@H](C)CC(C)(O)[C@H](O[C@@H]2O[C@H](C)C[C@H](N(C)C)[C@H]2O)[C@@H](C)[C@H](OC2C[C@@](C)(OC)[C@@H](O)[C@H](C)O2)[C@@H](C)C(=O)O[C@@H](CC)[C@@](C)(O)[C@H](O)[C@@H]1C. The zero-order chi connectivity index (χ0) is 48.2. The van der Waals surface area contributed by atoms with Gasteiger partial charge in [-0.2, -0.15) is 0 Å². The zero-order valence-corrected chi connectivity index (χ0v) is 42.2. The fourth-order valence-corrected chi connectivity index (χ4v) is 10.4. The molecular formula is C49H92N2O13. The van der Waals surface area contributed by atoms with Gasteiger partial charge in [-0.3, -0.25) is 4.79 Å². The van der Waals surface area contributed by atoms with Gasteiger partial charge in [-0.05, 0) is 87.7 Å². The van der Waals surface area contributed by atoms with Gasteiger partial charge in [0.2, 0.25) is 0 Å². The minimum atomic E-state index is -1.92. The standard InChI is InChI=1S/C49H92N2O13/c1-15-17-18-19-20-21-22-23-24-25-26-59-50-39-30(3)28-47(9,56)44(64-46-40(52)36(51(12)13)27-31(4)60-46)33(6)41(63-38-29-48(10,58-14)43(54)35(8)61-38)34(7)45(55)62-37(16-2)49(11,57)42(53)32(39)5/h30-38,40-44,46,52-54,56-57H,15-29H2,1-14H3/b50-39+/t30-,31-,32-,33+,34-,35+,36+,37+,38?,40-,41+,42-,43+,44-,46+,47?,48-,49-/m1/s1. The lowest BCUT2D eigenvalue weighted by molar-refractivity contribution is -0.317. The van der Waals surface area contributed by atoms with Crippen LogP contribution in [0.15, 0.2) is 5.16 Å². The second kappa shape index (κ2) is 25.7. The van der Waals surface area contributed by atoms with E-state index in [0.29, 0.717) is 18.7 Å². The molecule has 0 aliphatic carbocycles. The number of esters is 1. The van der Waals surface area contributed by atoms with Crippen LogP contribution in [0.5, 0.6) is 0 Å². The van der Waals surface area contributed by atoms with Gasteiger partial charge in [0.1, 0.15) is 30.5 Å². The number of aliphatic hydroxyl groups excluding tert-OH is 3. The van der Waals surface area contributed by atoms with Crippen LogP contribution in [0.1, 0.15) is 166 Å². The van der Waals surface area contributed by atoms with E-state index in [9.17, 15) is 30.3 Å². The van der Waals surface area contributed by atoms with Gasteiger partial charge >= 0.3 is 5.97 Å². The third kappa shape index (κ3) is 15.0. The number of nitrogens with zero attached hydrogens (tertiary/aromatic N) is 2.